The number of hydrogen-bond acceptors (Lipinski definition) is 3. The van der Waals surface area contributed by atoms with Gasteiger partial charge in [0.15, 0.2) is 0 Å². The molecule has 1 amide bonds. The number of carbonyl (C=O) groups is 1. The van der Waals surface area contributed by atoms with E-state index < -0.39 is 18.1 Å². The maximum atomic E-state index is 12.7. The van der Waals surface area contributed by atoms with Crippen molar-refractivity contribution in [3.05, 3.63) is 21.7 Å². The molecule has 2 rings (SSSR count). The minimum atomic E-state index is -0.741. The highest BCUT2D eigenvalue weighted by Crippen LogP contribution is 2.36. The predicted molar refractivity (Wildman–Crippen MR) is 62.2 cm³/mol. The number of amides is 1. The van der Waals surface area contributed by atoms with Crippen molar-refractivity contribution in [2.75, 3.05) is 6.67 Å². The van der Waals surface area contributed by atoms with Crippen LogP contribution in [-0.2, 0) is 0 Å². The van der Waals surface area contributed by atoms with Gasteiger partial charge in [-0.1, -0.05) is 23.2 Å². The van der Waals surface area contributed by atoms with Crippen LogP contribution in [-0.4, -0.2) is 28.1 Å². The van der Waals surface area contributed by atoms with Gasteiger partial charge in [0.05, 0.1) is 5.54 Å². The summed E-state index contributed by atoms with van der Waals surface area (Å²) < 4.78 is 12.7. The number of rotatable bonds is 3. The molecule has 0 unspecified atom stereocenters. The van der Waals surface area contributed by atoms with Crippen LogP contribution in [0.15, 0.2) is 0 Å². The van der Waals surface area contributed by atoms with E-state index in [1.54, 1.807) is 6.92 Å². The Hall–Kier alpha value is -0.940. The largest absolute Gasteiger partial charge is 0.344 e. The molecule has 7 heteroatoms. The van der Waals surface area contributed by atoms with E-state index in [4.69, 9.17) is 23.2 Å². The highest BCUT2D eigenvalue weighted by atomic mass is 35.5. The van der Waals surface area contributed by atoms with Crippen LogP contribution in [0.4, 0.5) is 4.39 Å². The van der Waals surface area contributed by atoms with Crippen molar-refractivity contribution < 1.29 is 9.18 Å². The molecule has 0 bridgehead atoms. The van der Waals surface area contributed by atoms with E-state index in [1.165, 1.54) is 0 Å². The SMILES string of the molecule is Cc1nc(Cl)c(C(=O)NC2(CF)CC2)c(Cl)n1. The first kappa shape index (κ1) is 12.5. The fraction of sp³-hybridized carbons (Fsp3) is 0.500. The average Bonchev–Trinajstić information content (AvgIpc) is 2.96. The molecule has 0 aliphatic heterocycles. The Morgan fingerprint density at radius 3 is 2.35 bits per heavy atom. The van der Waals surface area contributed by atoms with E-state index in [0.717, 1.165) is 0 Å². The second-order valence-corrected chi connectivity index (χ2v) is 4.81. The Morgan fingerprint density at radius 1 is 1.41 bits per heavy atom. The Balaban J connectivity index is 2.25. The van der Waals surface area contributed by atoms with Crippen molar-refractivity contribution in [1.29, 1.82) is 0 Å². The standard InChI is InChI=1S/C10H10Cl2FN3O/c1-5-14-7(11)6(8(12)15-5)9(17)16-10(4-13)2-3-10/h2-4H2,1H3,(H,16,17). The summed E-state index contributed by atoms with van der Waals surface area (Å²) in [5, 5.41) is 2.53. The Morgan fingerprint density at radius 2 is 1.94 bits per heavy atom. The fourth-order valence-electron chi connectivity index (χ4n) is 1.44. The maximum absolute atomic E-state index is 12.7. The molecule has 1 aliphatic rings. The third kappa shape index (κ3) is 2.50. The Kier molecular flexibility index (Phi) is 3.23. The lowest BCUT2D eigenvalue weighted by atomic mass is 10.2. The van der Waals surface area contributed by atoms with Crippen LogP contribution in [0.1, 0.15) is 29.0 Å². The molecule has 17 heavy (non-hydrogen) atoms. The van der Waals surface area contributed by atoms with Crippen LogP contribution in [0, 0.1) is 6.92 Å². The highest BCUT2D eigenvalue weighted by molar-refractivity contribution is 6.38. The van der Waals surface area contributed by atoms with Crippen LogP contribution in [0.5, 0.6) is 0 Å². The minimum Gasteiger partial charge on any atom is -0.344 e. The second-order valence-electron chi connectivity index (χ2n) is 4.10. The van der Waals surface area contributed by atoms with Crippen LogP contribution in [0.2, 0.25) is 10.3 Å². The van der Waals surface area contributed by atoms with Gasteiger partial charge in [0.2, 0.25) is 0 Å². The zero-order valence-corrected chi connectivity index (χ0v) is 10.6. The van der Waals surface area contributed by atoms with E-state index in [9.17, 15) is 9.18 Å². The summed E-state index contributed by atoms with van der Waals surface area (Å²) in [6, 6.07) is 0. The molecule has 1 aromatic heterocycles. The number of alkyl halides is 1. The van der Waals surface area contributed by atoms with Gasteiger partial charge < -0.3 is 5.32 Å². The summed E-state index contributed by atoms with van der Waals surface area (Å²) in [5.74, 6) is -0.154. The quantitative estimate of drug-likeness (QED) is 0.863. The van der Waals surface area contributed by atoms with Gasteiger partial charge in [-0.25, -0.2) is 14.4 Å². The monoisotopic (exact) mass is 277 g/mol. The van der Waals surface area contributed by atoms with Crippen molar-refractivity contribution in [3.8, 4) is 0 Å². The van der Waals surface area contributed by atoms with E-state index in [-0.39, 0.29) is 15.9 Å². The number of hydrogen-bond donors (Lipinski definition) is 1. The molecule has 0 aromatic carbocycles. The molecule has 1 saturated carbocycles. The van der Waals surface area contributed by atoms with Gasteiger partial charge >= 0.3 is 0 Å². The molecule has 0 atom stereocenters. The number of carbonyl (C=O) groups excluding carboxylic acids is 1. The van der Waals surface area contributed by atoms with Crippen LogP contribution in [0.25, 0.3) is 0 Å². The van der Waals surface area contributed by atoms with Crippen molar-refractivity contribution in [3.63, 3.8) is 0 Å². The number of nitrogens with zero attached hydrogens (tertiary/aromatic N) is 2. The lowest BCUT2D eigenvalue weighted by Crippen LogP contribution is -2.39. The summed E-state index contributed by atoms with van der Waals surface area (Å²) in [6.45, 7) is 1.02. The molecular weight excluding hydrogens is 268 g/mol. The molecule has 1 aromatic rings. The molecule has 0 radical (unpaired) electrons. The molecular formula is C10H10Cl2FN3O. The third-order valence-corrected chi connectivity index (χ3v) is 3.19. The van der Waals surface area contributed by atoms with Gasteiger partial charge in [-0.05, 0) is 19.8 Å². The normalized spacial score (nSPS) is 16.7. The van der Waals surface area contributed by atoms with E-state index in [0.29, 0.717) is 18.7 Å². The van der Waals surface area contributed by atoms with Crippen LogP contribution < -0.4 is 5.32 Å². The van der Waals surface area contributed by atoms with Crippen molar-refractivity contribution in [2.45, 2.75) is 25.3 Å². The van der Waals surface area contributed by atoms with Crippen LogP contribution in [0.3, 0.4) is 0 Å². The van der Waals surface area contributed by atoms with Gasteiger partial charge in [-0.15, -0.1) is 0 Å². The van der Waals surface area contributed by atoms with E-state index in [2.05, 4.69) is 15.3 Å². The number of aryl methyl sites for hydroxylation is 1. The highest BCUT2D eigenvalue weighted by Gasteiger charge is 2.45. The molecule has 1 N–H and O–H groups in total. The first-order valence-electron chi connectivity index (χ1n) is 5.05. The molecule has 0 spiro atoms. The summed E-state index contributed by atoms with van der Waals surface area (Å²) in [7, 11) is 0. The predicted octanol–water partition coefficient (Wildman–Crippen LogP) is 2.32. The van der Waals surface area contributed by atoms with Gasteiger partial charge in [0.1, 0.15) is 28.4 Å². The summed E-state index contributed by atoms with van der Waals surface area (Å²) in [4.78, 5) is 19.6. The minimum absolute atomic E-state index is 0.00124. The molecule has 1 aliphatic carbocycles. The van der Waals surface area contributed by atoms with Gasteiger partial charge in [-0.3, -0.25) is 4.79 Å². The topological polar surface area (TPSA) is 54.9 Å². The van der Waals surface area contributed by atoms with Gasteiger partial charge in [0, 0.05) is 0 Å². The van der Waals surface area contributed by atoms with E-state index in [1.807, 2.05) is 0 Å². The van der Waals surface area contributed by atoms with Gasteiger partial charge in [0.25, 0.3) is 5.91 Å². The Bertz CT molecular complexity index is 454. The van der Waals surface area contributed by atoms with Crippen molar-refractivity contribution in [1.82, 2.24) is 15.3 Å². The number of nitrogens with one attached hydrogen (secondary N) is 1. The van der Waals surface area contributed by atoms with Crippen LogP contribution >= 0.6 is 23.2 Å². The molecule has 0 saturated heterocycles. The fourth-order valence-corrected chi connectivity index (χ4v) is 2.08. The van der Waals surface area contributed by atoms with Gasteiger partial charge in [-0.2, -0.15) is 0 Å². The van der Waals surface area contributed by atoms with Crippen molar-refractivity contribution in [2.24, 2.45) is 0 Å². The molecule has 92 valence electrons. The first-order chi connectivity index (χ1) is 7.97. The summed E-state index contributed by atoms with van der Waals surface area (Å²) in [5.41, 5.74) is -0.743. The lowest BCUT2D eigenvalue weighted by Gasteiger charge is -2.14. The maximum Gasteiger partial charge on any atom is 0.258 e. The molecule has 4 nitrogen and oxygen atoms in total. The summed E-state index contributed by atoms with van der Waals surface area (Å²) in [6.07, 6.45) is 1.24. The number of halogens is 3. The smallest absolute Gasteiger partial charge is 0.258 e. The second kappa shape index (κ2) is 4.38. The zero-order valence-electron chi connectivity index (χ0n) is 9.06. The zero-order chi connectivity index (χ0) is 12.6. The first-order valence-corrected chi connectivity index (χ1v) is 5.81. The van der Waals surface area contributed by atoms with Crippen molar-refractivity contribution >= 4 is 29.1 Å². The molecule has 1 fully saturated rings. The Labute approximate surface area is 108 Å². The average molecular weight is 278 g/mol. The lowest BCUT2D eigenvalue weighted by molar-refractivity contribution is 0.0923. The third-order valence-electron chi connectivity index (χ3n) is 2.65. The van der Waals surface area contributed by atoms with E-state index >= 15 is 0 Å². The number of aromatic nitrogens is 2. The summed E-state index contributed by atoms with van der Waals surface area (Å²) >= 11 is 11.7. The molecule has 1 heterocycles.